The second kappa shape index (κ2) is 6.92. The molecule has 1 aromatic heterocycles. The number of rotatable bonds is 6. The first-order chi connectivity index (χ1) is 10.1. The molecule has 0 amide bonds. The molecule has 0 bridgehead atoms. The first-order valence-electron chi connectivity index (χ1n) is 7.13. The summed E-state index contributed by atoms with van der Waals surface area (Å²) in [6.45, 7) is 6.98. The van der Waals surface area contributed by atoms with E-state index in [0.29, 0.717) is 5.95 Å². The van der Waals surface area contributed by atoms with Crippen LogP contribution in [0.3, 0.4) is 0 Å². The second-order valence-corrected chi connectivity index (χ2v) is 4.96. The molecule has 0 radical (unpaired) electrons. The Morgan fingerprint density at radius 2 is 2.00 bits per heavy atom. The third-order valence-corrected chi connectivity index (χ3v) is 3.16. The molecule has 112 valence electrons. The summed E-state index contributed by atoms with van der Waals surface area (Å²) in [6, 6.07) is 5.97. The van der Waals surface area contributed by atoms with Crippen molar-refractivity contribution in [3.63, 3.8) is 0 Å². The summed E-state index contributed by atoms with van der Waals surface area (Å²) in [4.78, 5) is 8.79. The lowest BCUT2D eigenvalue weighted by Crippen LogP contribution is -2.07. The maximum atomic E-state index is 5.27. The average Bonchev–Trinajstić information content (AvgIpc) is 2.48. The van der Waals surface area contributed by atoms with Gasteiger partial charge in [-0.3, -0.25) is 0 Å². The molecule has 1 heterocycles. The summed E-state index contributed by atoms with van der Waals surface area (Å²) in [7, 11) is 1.68. The normalized spacial score (nSPS) is 10.3. The Morgan fingerprint density at radius 1 is 1.19 bits per heavy atom. The molecule has 21 heavy (non-hydrogen) atoms. The molecule has 2 aromatic rings. The minimum Gasteiger partial charge on any atom is -0.496 e. The minimum atomic E-state index is 0.648. The molecule has 1 aromatic carbocycles. The molecule has 0 aliphatic carbocycles. The SMILES string of the molecule is CCCNc1ncc(C)c(Nc2ccc(OC)c(C)c2)n1. The number of ether oxygens (including phenoxy) is 1. The zero-order chi connectivity index (χ0) is 15.2. The van der Waals surface area contributed by atoms with Crippen LogP contribution < -0.4 is 15.4 Å². The second-order valence-electron chi connectivity index (χ2n) is 4.96. The fourth-order valence-electron chi connectivity index (χ4n) is 1.98. The molecule has 2 rings (SSSR count). The largest absolute Gasteiger partial charge is 0.496 e. The highest BCUT2D eigenvalue weighted by Crippen LogP contribution is 2.24. The zero-order valence-corrected chi connectivity index (χ0v) is 13.0. The van der Waals surface area contributed by atoms with Gasteiger partial charge < -0.3 is 15.4 Å². The summed E-state index contributed by atoms with van der Waals surface area (Å²) < 4.78 is 5.27. The molecule has 0 saturated heterocycles. The van der Waals surface area contributed by atoms with E-state index >= 15 is 0 Å². The van der Waals surface area contributed by atoms with Crippen molar-refractivity contribution in [3.8, 4) is 5.75 Å². The highest BCUT2D eigenvalue weighted by atomic mass is 16.5. The van der Waals surface area contributed by atoms with Crippen molar-refractivity contribution in [2.75, 3.05) is 24.3 Å². The van der Waals surface area contributed by atoms with Gasteiger partial charge in [0.05, 0.1) is 7.11 Å². The molecular weight excluding hydrogens is 264 g/mol. The summed E-state index contributed by atoms with van der Waals surface area (Å²) in [5, 5.41) is 6.53. The molecule has 0 unspecified atom stereocenters. The molecule has 0 aliphatic rings. The van der Waals surface area contributed by atoms with Gasteiger partial charge in [0.1, 0.15) is 11.6 Å². The molecule has 0 saturated carbocycles. The van der Waals surface area contributed by atoms with Gasteiger partial charge in [-0.15, -0.1) is 0 Å². The Labute approximate surface area is 125 Å². The van der Waals surface area contributed by atoms with Crippen LogP contribution in [0, 0.1) is 13.8 Å². The number of methoxy groups -OCH3 is 1. The van der Waals surface area contributed by atoms with E-state index in [4.69, 9.17) is 4.74 Å². The van der Waals surface area contributed by atoms with Gasteiger partial charge in [0.25, 0.3) is 0 Å². The van der Waals surface area contributed by atoms with E-state index in [1.807, 2.05) is 38.2 Å². The lowest BCUT2D eigenvalue weighted by molar-refractivity contribution is 0.412. The summed E-state index contributed by atoms with van der Waals surface area (Å²) >= 11 is 0. The Bertz CT molecular complexity index is 613. The van der Waals surface area contributed by atoms with Gasteiger partial charge >= 0.3 is 0 Å². The summed E-state index contributed by atoms with van der Waals surface area (Å²) in [5.41, 5.74) is 3.07. The van der Waals surface area contributed by atoms with Crippen molar-refractivity contribution < 1.29 is 4.74 Å². The smallest absolute Gasteiger partial charge is 0.224 e. The van der Waals surface area contributed by atoms with Crippen LogP contribution in [-0.2, 0) is 0 Å². The van der Waals surface area contributed by atoms with Gasteiger partial charge in [-0.2, -0.15) is 4.98 Å². The van der Waals surface area contributed by atoms with Gasteiger partial charge in [0, 0.05) is 24.0 Å². The van der Waals surface area contributed by atoms with Crippen LogP contribution in [0.15, 0.2) is 24.4 Å². The Hall–Kier alpha value is -2.30. The fraction of sp³-hybridized carbons (Fsp3) is 0.375. The van der Waals surface area contributed by atoms with Crippen molar-refractivity contribution in [2.45, 2.75) is 27.2 Å². The van der Waals surface area contributed by atoms with E-state index in [9.17, 15) is 0 Å². The van der Waals surface area contributed by atoms with E-state index in [1.165, 1.54) is 0 Å². The number of hydrogen-bond donors (Lipinski definition) is 2. The van der Waals surface area contributed by atoms with Crippen LogP contribution in [0.2, 0.25) is 0 Å². The Morgan fingerprint density at radius 3 is 2.67 bits per heavy atom. The topological polar surface area (TPSA) is 59.1 Å². The fourth-order valence-corrected chi connectivity index (χ4v) is 1.98. The molecule has 0 spiro atoms. The van der Waals surface area contributed by atoms with Crippen molar-refractivity contribution in [3.05, 3.63) is 35.5 Å². The van der Waals surface area contributed by atoms with E-state index in [2.05, 4.69) is 27.5 Å². The number of nitrogens with one attached hydrogen (secondary N) is 2. The molecular formula is C16H22N4O. The number of hydrogen-bond acceptors (Lipinski definition) is 5. The zero-order valence-electron chi connectivity index (χ0n) is 13.0. The van der Waals surface area contributed by atoms with Crippen molar-refractivity contribution in [2.24, 2.45) is 0 Å². The number of aryl methyl sites for hydroxylation is 2. The van der Waals surface area contributed by atoms with E-state index < -0.39 is 0 Å². The number of anilines is 3. The number of aromatic nitrogens is 2. The predicted molar refractivity (Wildman–Crippen MR) is 86.6 cm³/mol. The van der Waals surface area contributed by atoms with Crippen LogP contribution in [0.4, 0.5) is 17.5 Å². The molecule has 0 fully saturated rings. The lowest BCUT2D eigenvalue weighted by Gasteiger charge is -2.12. The third-order valence-electron chi connectivity index (χ3n) is 3.16. The Balaban J connectivity index is 2.20. The van der Waals surface area contributed by atoms with Crippen LogP contribution in [-0.4, -0.2) is 23.6 Å². The predicted octanol–water partition coefficient (Wildman–Crippen LogP) is 3.67. The van der Waals surface area contributed by atoms with E-state index in [0.717, 1.165) is 41.3 Å². The van der Waals surface area contributed by atoms with Crippen LogP contribution >= 0.6 is 0 Å². The number of benzene rings is 1. The molecule has 5 nitrogen and oxygen atoms in total. The minimum absolute atomic E-state index is 0.648. The molecule has 2 N–H and O–H groups in total. The van der Waals surface area contributed by atoms with E-state index in [-0.39, 0.29) is 0 Å². The monoisotopic (exact) mass is 286 g/mol. The molecule has 5 heteroatoms. The first-order valence-corrected chi connectivity index (χ1v) is 7.13. The maximum Gasteiger partial charge on any atom is 0.224 e. The highest BCUT2D eigenvalue weighted by molar-refractivity contribution is 5.62. The van der Waals surface area contributed by atoms with Gasteiger partial charge in [0.2, 0.25) is 5.95 Å². The van der Waals surface area contributed by atoms with Crippen molar-refractivity contribution >= 4 is 17.5 Å². The van der Waals surface area contributed by atoms with Gasteiger partial charge in [-0.1, -0.05) is 6.92 Å². The highest BCUT2D eigenvalue weighted by Gasteiger charge is 2.05. The van der Waals surface area contributed by atoms with E-state index in [1.54, 1.807) is 7.11 Å². The van der Waals surface area contributed by atoms with Crippen molar-refractivity contribution in [1.82, 2.24) is 9.97 Å². The standard InChI is InChI=1S/C16H22N4O/c1-5-8-17-16-18-10-12(3)15(20-16)19-13-6-7-14(21-4)11(2)9-13/h6-7,9-10H,5,8H2,1-4H3,(H2,17,18,19,20). The number of nitrogens with zero attached hydrogens (tertiary/aromatic N) is 2. The quantitative estimate of drug-likeness (QED) is 0.848. The molecule has 0 atom stereocenters. The lowest BCUT2D eigenvalue weighted by atomic mass is 10.2. The maximum absolute atomic E-state index is 5.27. The van der Waals surface area contributed by atoms with Crippen molar-refractivity contribution in [1.29, 1.82) is 0 Å². The average molecular weight is 286 g/mol. The van der Waals surface area contributed by atoms with Crippen LogP contribution in [0.1, 0.15) is 24.5 Å². The molecule has 0 aliphatic heterocycles. The first kappa shape index (κ1) is 15.1. The van der Waals surface area contributed by atoms with Crippen LogP contribution in [0.25, 0.3) is 0 Å². The van der Waals surface area contributed by atoms with Gasteiger partial charge in [-0.25, -0.2) is 4.98 Å². The summed E-state index contributed by atoms with van der Waals surface area (Å²) in [5.74, 6) is 2.34. The van der Waals surface area contributed by atoms with Gasteiger partial charge in [0.15, 0.2) is 0 Å². The Kier molecular flexibility index (Phi) is 4.98. The third kappa shape index (κ3) is 3.84. The van der Waals surface area contributed by atoms with Gasteiger partial charge in [-0.05, 0) is 44.0 Å². The van der Waals surface area contributed by atoms with Crippen LogP contribution in [0.5, 0.6) is 5.75 Å². The summed E-state index contributed by atoms with van der Waals surface area (Å²) in [6.07, 6.45) is 2.86.